The maximum Gasteiger partial charge on any atom is 0.268 e. The van der Waals surface area contributed by atoms with E-state index in [9.17, 15) is 14.7 Å². The summed E-state index contributed by atoms with van der Waals surface area (Å²) < 4.78 is 5.66. The van der Waals surface area contributed by atoms with Gasteiger partial charge < -0.3 is 9.84 Å². The molecule has 0 atom stereocenters. The number of allylic oxidation sites excluding steroid dienone is 1. The number of phenols is 1. The predicted molar refractivity (Wildman–Crippen MR) is 150 cm³/mol. The number of benzene rings is 2. The number of hydrogen-bond donors (Lipinski definition) is 1. The second kappa shape index (κ2) is 8.31. The van der Waals surface area contributed by atoms with Crippen molar-refractivity contribution in [1.82, 2.24) is 0 Å². The van der Waals surface area contributed by atoms with E-state index >= 15 is 0 Å². The molecule has 0 fully saturated rings. The first-order chi connectivity index (χ1) is 16.8. The first kappa shape index (κ1) is 27.2. The molecule has 4 heteroatoms. The van der Waals surface area contributed by atoms with Crippen LogP contribution in [0.1, 0.15) is 126 Å². The number of aromatic hydroxyl groups is 1. The molecule has 1 N–H and O–H groups in total. The summed E-state index contributed by atoms with van der Waals surface area (Å²) in [7, 11) is 1.45. The highest BCUT2D eigenvalue weighted by Crippen LogP contribution is 2.50. The van der Waals surface area contributed by atoms with Crippen molar-refractivity contribution in [1.29, 1.82) is 0 Å². The van der Waals surface area contributed by atoms with Crippen molar-refractivity contribution in [3.63, 3.8) is 0 Å². The van der Waals surface area contributed by atoms with Gasteiger partial charge in [-0.3, -0.25) is 9.59 Å². The molecule has 37 heavy (non-hydrogen) atoms. The van der Waals surface area contributed by atoms with Crippen LogP contribution in [0.2, 0.25) is 0 Å². The fraction of sp³-hybridized carbons (Fsp3) is 0.515. The van der Waals surface area contributed by atoms with Gasteiger partial charge in [0.1, 0.15) is 5.75 Å². The number of fused-ring (bicyclic) bond motifs is 2. The summed E-state index contributed by atoms with van der Waals surface area (Å²) in [5.74, 6) is -0.810. The molecule has 0 bridgehead atoms. The Morgan fingerprint density at radius 3 is 1.57 bits per heavy atom. The molecule has 0 saturated carbocycles. The second-order valence-corrected chi connectivity index (χ2v) is 14.2. The summed E-state index contributed by atoms with van der Waals surface area (Å²) in [4.78, 5) is 26.8. The quantitative estimate of drug-likeness (QED) is 0.432. The smallest absolute Gasteiger partial charge is 0.268 e. The zero-order valence-electron chi connectivity index (χ0n) is 24.4. The molecule has 4 rings (SSSR count). The van der Waals surface area contributed by atoms with Gasteiger partial charge in [-0.1, -0.05) is 69.2 Å². The molecule has 2 aliphatic rings. The first-order valence-electron chi connectivity index (χ1n) is 13.3. The summed E-state index contributed by atoms with van der Waals surface area (Å²) in [6.07, 6.45) is 2.05. The Balaban J connectivity index is 2.15. The molecule has 0 heterocycles. The molecule has 2 aromatic rings. The van der Waals surface area contributed by atoms with E-state index < -0.39 is 11.6 Å². The zero-order chi connectivity index (χ0) is 27.9. The maximum absolute atomic E-state index is 13.4. The molecule has 0 unspecified atom stereocenters. The molecule has 0 radical (unpaired) electrons. The van der Waals surface area contributed by atoms with Gasteiger partial charge in [0.05, 0.1) is 7.11 Å². The molecule has 0 saturated heterocycles. The molecule has 198 valence electrons. The van der Waals surface area contributed by atoms with E-state index in [2.05, 4.69) is 75.3 Å². The van der Waals surface area contributed by atoms with Crippen LogP contribution >= 0.6 is 0 Å². The van der Waals surface area contributed by atoms with Gasteiger partial charge in [0, 0.05) is 22.3 Å². The van der Waals surface area contributed by atoms with Crippen molar-refractivity contribution in [3.05, 3.63) is 69.0 Å². The number of ketones is 2. The fourth-order valence-electron chi connectivity index (χ4n) is 5.87. The molecule has 2 aliphatic carbocycles. The van der Waals surface area contributed by atoms with Gasteiger partial charge in [-0.15, -0.1) is 0 Å². The number of ether oxygens (including phenoxy) is 1. The molecule has 4 nitrogen and oxygen atoms in total. The largest absolute Gasteiger partial charge is 0.507 e. The molecular formula is C33H42O4. The summed E-state index contributed by atoms with van der Waals surface area (Å²) in [5.41, 5.74) is 5.68. The van der Waals surface area contributed by atoms with Crippen LogP contribution < -0.4 is 0 Å². The van der Waals surface area contributed by atoms with Gasteiger partial charge in [0.2, 0.25) is 5.78 Å². The van der Waals surface area contributed by atoms with E-state index in [4.69, 9.17) is 4.74 Å². The number of rotatable bonds is 2. The van der Waals surface area contributed by atoms with Crippen molar-refractivity contribution in [2.75, 3.05) is 7.11 Å². The number of carbonyl (C=O) groups excluding carboxylic acids is 2. The Morgan fingerprint density at radius 2 is 1.16 bits per heavy atom. The average molecular weight is 503 g/mol. The summed E-state index contributed by atoms with van der Waals surface area (Å²) in [6, 6.07) is 8.01. The fourth-order valence-corrected chi connectivity index (χ4v) is 5.87. The number of hydrogen-bond acceptors (Lipinski definition) is 4. The van der Waals surface area contributed by atoms with Crippen LogP contribution in [0.5, 0.6) is 5.75 Å². The molecule has 0 aliphatic heterocycles. The van der Waals surface area contributed by atoms with Crippen LogP contribution in [0.15, 0.2) is 30.0 Å². The minimum Gasteiger partial charge on any atom is -0.507 e. The average Bonchev–Trinajstić information content (AvgIpc) is 2.77. The Bertz CT molecular complexity index is 1320. The van der Waals surface area contributed by atoms with Crippen molar-refractivity contribution in [3.8, 4) is 5.75 Å². The maximum atomic E-state index is 13.4. The highest BCUT2D eigenvalue weighted by Gasteiger charge is 2.42. The third-order valence-corrected chi connectivity index (χ3v) is 8.36. The van der Waals surface area contributed by atoms with E-state index in [1.165, 1.54) is 12.7 Å². The van der Waals surface area contributed by atoms with E-state index in [-0.39, 0.29) is 33.2 Å². The van der Waals surface area contributed by atoms with Crippen LogP contribution in [0, 0.1) is 0 Å². The van der Waals surface area contributed by atoms with Crippen molar-refractivity contribution >= 4 is 17.1 Å². The highest BCUT2D eigenvalue weighted by molar-refractivity contribution is 6.52. The van der Waals surface area contributed by atoms with Gasteiger partial charge in [-0.2, -0.15) is 0 Å². The van der Waals surface area contributed by atoms with Gasteiger partial charge in [0.15, 0.2) is 5.76 Å². The van der Waals surface area contributed by atoms with E-state index in [0.717, 1.165) is 40.7 Å². The van der Waals surface area contributed by atoms with Crippen LogP contribution in [0.4, 0.5) is 0 Å². The zero-order valence-corrected chi connectivity index (χ0v) is 24.4. The third kappa shape index (κ3) is 4.32. The van der Waals surface area contributed by atoms with E-state index in [0.29, 0.717) is 11.1 Å². The van der Waals surface area contributed by atoms with Gasteiger partial charge in [-0.05, 0) is 81.0 Å². The summed E-state index contributed by atoms with van der Waals surface area (Å²) in [5, 5.41) is 11.3. The van der Waals surface area contributed by atoms with Crippen LogP contribution in [0.3, 0.4) is 0 Å². The standard InChI is InChI=1S/C33H42O4/c1-30(2,3)23-14-18(15-24(27(23)35)31(4,5)6)25-19-16-21-22(33(9,10)13-12-32(21,7)8)17-20(19)26(34)28(36)29(25)37-11/h14-17,35H,12-13H2,1-11H3. The predicted octanol–water partition coefficient (Wildman–Crippen LogP) is 7.51. The Kier molecular flexibility index (Phi) is 6.10. The number of Topliss-reactive ketones (excluding diaryl/α,β-unsaturated/α-hetero) is 2. The number of carbonyl (C=O) groups is 2. The molecule has 0 aromatic heterocycles. The highest BCUT2D eigenvalue weighted by atomic mass is 16.5. The van der Waals surface area contributed by atoms with Crippen molar-refractivity contribution < 1.29 is 19.4 Å². The molecule has 0 spiro atoms. The normalized spacial score (nSPS) is 19.0. The van der Waals surface area contributed by atoms with Crippen LogP contribution in [0.25, 0.3) is 5.57 Å². The second-order valence-electron chi connectivity index (χ2n) is 14.2. The lowest BCUT2D eigenvalue weighted by atomic mass is 9.61. The molecule has 0 amide bonds. The number of phenolic OH excluding ortho intramolecular Hbond substituents is 1. The molecule has 2 aromatic carbocycles. The lowest BCUT2D eigenvalue weighted by molar-refractivity contribution is -0.114. The summed E-state index contributed by atoms with van der Waals surface area (Å²) in [6.45, 7) is 21.3. The van der Waals surface area contributed by atoms with Gasteiger partial charge in [-0.25, -0.2) is 0 Å². The lowest BCUT2D eigenvalue weighted by Crippen LogP contribution is -2.35. The minimum atomic E-state index is -0.625. The molecular weight excluding hydrogens is 460 g/mol. The monoisotopic (exact) mass is 502 g/mol. The van der Waals surface area contributed by atoms with E-state index in [1.54, 1.807) is 0 Å². The Morgan fingerprint density at radius 1 is 0.730 bits per heavy atom. The third-order valence-electron chi connectivity index (χ3n) is 8.36. The summed E-state index contributed by atoms with van der Waals surface area (Å²) >= 11 is 0. The lowest BCUT2D eigenvalue weighted by Gasteiger charge is -2.43. The Labute approximate surface area is 222 Å². The van der Waals surface area contributed by atoms with E-state index in [1.807, 2.05) is 18.2 Å². The van der Waals surface area contributed by atoms with Gasteiger partial charge >= 0.3 is 0 Å². The van der Waals surface area contributed by atoms with Crippen LogP contribution in [-0.2, 0) is 31.2 Å². The topological polar surface area (TPSA) is 63.6 Å². The first-order valence-corrected chi connectivity index (χ1v) is 13.3. The minimum absolute atomic E-state index is 0.0647. The van der Waals surface area contributed by atoms with Crippen molar-refractivity contribution in [2.45, 2.75) is 104 Å². The number of methoxy groups -OCH3 is 1. The van der Waals surface area contributed by atoms with Gasteiger partial charge in [0.25, 0.3) is 5.78 Å². The SMILES string of the molecule is COC1=C(c2cc(C(C)(C)C)c(O)c(C(C)(C)C)c2)c2cc3c(cc2C(=O)C1=O)C(C)(C)CCC3(C)C. The Hall–Kier alpha value is -2.88. The van der Waals surface area contributed by atoms with Crippen LogP contribution in [-0.4, -0.2) is 23.8 Å². The van der Waals surface area contributed by atoms with Crippen molar-refractivity contribution in [2.24, 2.45) is 0 Å².